The number of piperidine rings is 1. The number of benzene rings is 1. The maximum absolute atomic E-state index is 12.5. The quantitative estimate of drug-likeness (QED) is 0.889. The van der Waals surface area contributed by atoms with Gasteiger partial charge in [0.15, 0.2) is 0 Å². The van der Waals surface area contributed by atoms with Crippen LogP contribution in [0.3, 0.4) is 0 Å². The van der Waals surface area contributed by atoms with Crippen molar-refractivity contribution in [3.63, 3.8) is 0 Å². The lowest BCUT2D eigenvalue weighted by Crippen LogP contribution is -2.40. The molecule has 2 aromatic rings. The molecule has 0 radical (unpaired) electrons. The number of likely N-dealkylation sites (tertiary alicyclic amines) is 1. The highest BCUT2D eigenvalue weighted by Gasteiger charge is 2.25. The van der Waals surface area contributed by atoms with E-state index < -0.39 is 0 Å². The van der Waals surface area contributed by atoms with Crippen molar-refractivity contribution in [2.45, 2.75) is 32.6 Å². The van der Waals surface area contributed by atoms with Crippen LogP contribution >= 0.6 is 11.6 Å². The fraction of sp³-hybridized carbons (Fsp3) is 0.444. The Hall–Kier alpha value is -2.01. The lowest BCUT2D eigenvalue weighted by Gasteiger charge is -2.31. The van der Waals surface area contributed by atoms with Crippen LogP contribution in [0.2, 0.25) is 5.02 Å². The monoisotopic (exact) mass is 346 g/mol. The van der Waals surface area contributed by atoms with E-state index in [2.05, 4.69) is 16.5 Å². The van der Waals surface area contributed by atoms with Gasteiger partial charge < -0.3 is 10.2 Å². The Balaban J connectivity index is 1.60. The van der Waals surface area contributed by atoms with Crippen molar-refractivity contribution < 1.29 is 4.79 Å². The third-order valence-electron chi connectivity index (χ3n) is 4.76. The molecule has 1 N–H and O–H groups in total. The number of halogens is 1. The van der Waals surface area contributed by atoms with Crippen LogP contribution < -0.4 is 5.32 Å². The summed E-state index contributed by atoms with van der Waals surface area (Å²) in [7, 11) is 1.93. The molecular formula is C18H23ClN4O. The fourth-order valence-corrected chi connectivity index (χ4v) is 3.37. The second-order valence-electron chi connectivity index (χ2n) is 6.52. The predicted molar refractivity (Wildman–Crippen MR) is 96.7 cm³/mol. The number of aryl methyl sites for hydroxylation is 3. The number of hydrogen-bond donors (Lipinski definition) is 1. The van der Waals surface area contributed by atoms with Gasteiger partial charge in [0, 0.05) is 32.3 Å². The first-order valence-electron chi connectivity index (χ1n) is 8.26. The first-order chi connectivity index (χ1) is 11.4. The van der Waals surface area contributed by atoms with Gasteiger partial charge in [-0.1, -0.05) is 11.6 Å². The van der Waals surface area contributed by atoms with E-state index in [-0.39, 0.29) is 6.03 Å². The van der Waals surface area contributed by atoms with Crippen LogP contribution in [0.5, 0.6) is 0 Å². The third kappa shape index (κ3) is 3.56. The molecule has 0 atom stereocenters. The predicted octanol–water partition coefficient (Wildman–Crippen LogP) is 4.10. The summed E-state index contributed by atoms with van der Waals surface area (Å²) in [6.45, 7) is 5.49. The average Bonchev–Trinajstić information content (AvgIpc) is 2.99. The Morgan fingerprint density at radius 1 is 1.25 bits per heavy atom. The minimum Gasteiger partial charge on any atom is -0.324 e. The van der Waals surface area contributed by atoms with Gasteiger partial charge in [0.05, 0.1) is 16.4 Å². The molecule has 1 aliphatic rings. The van der Waals surface area contributed by atoms with Gasteiger partial charge in [-0.3, -0.25) is 4.68 Å². The zero-order valence-corrected chi connectivity index (χ0v) is 15.1. The zero-order chi connectivity index (χ0) is 17.3. The van der Waals surface area contributed by atoms with Crippen molar-refractivity contribution in [2.75, 3.05) is 18.4 Å². The average molecular weight is 347 g/mol. The van der Waals surface area contributed by atoms with Crippen LogP contribution in [0, 0.1) is 13.8 Å². The van der Waals surface area contributed by atoms with Crippen molar-refractivity contribution in [1.29, 1.82) is 0 Å². The molecule has 6 heteroatoms. The molecule has 0 bridgehead atoms. The maximum Gasteiger partial charge on any atom is 0.321 e. The van der Waals surface area contributed by atoms with Gasteiger partial charge in [-0.2, -0.15) is 5.10 Å². The van der Waals surface area contributed by atoms with Crippen LogP contribution in [0.1, 0.15) is 35.6 Å². The molecule has 1 fully saturated rings. The highest BCUT2D eigenvalue weighted by molar-refractivity contribution is 6.33. The molecule has 3 rings (SSSR count). The van der Waals surface area contributed by atoms with E-state index in [9.17, 15) is 4.79 Å². The summed E-state index contributed by atoms with van der Waals surface area (Å²) in [6.07, 6.45) is 3.84. The van der Waals surface area contributed by atoms with Crippen LogP contribution in [0.4, 0.5) is 10.5 Å². The SMILES string of the molecule is Cc1cc(Cl)c(NC(=O)N2CCC(c3ccn(C)n3)CC2)cc1C. The van der Waals surface area contributed by atoms with E-state index in [0.717, 1.165) is 42.8 Å². The Bertz CT molecular complexity index is 747. The number of nitrogens with zero attached hydrogens (tertiary/aromatic N) is 3. The van der Waals surface area contributed by atoms with Crippen molar-refractivity contribution in [2.24, 2.45) is 7.05 Å². The minimum absolute atomic E-state index is 0.0837. The second-order valence-corrected chi connectivity index (χ2v) is 6.93. The van der Waals surface area contributed by atoms with E-state index in [1.807, 2.05) is 48.8 Å². The number of anilines is 1. The fourth-order valence-electron chi connectivity index (χ4n) is 3.10. The molecule has 24 heavy (non-hydrogen) atoms. The summed E-state index contributed by atoms with van der Waals surface area (Å²) in [5, 5.41) is 8.00. The number of carbonyl (C=O) groups is 1. The molecule has 0 spiro atoms. The minimum atomic E-state index is -0.0837. The summed E-state index contributed by atoms with van der Waals surface area (Å²) >= 11 is 6.25. The van der Waals surface area contributed by atoms with Crippen LogP contribution in [0.25, 0.3) is 0 Å². The van der Waals surface area contributed by atoms with E-state index >= 15 is 0 Å². The summed E-state index contributed by atoms with van der Waals surface area (Å²) in [6, 6.07) is 5.80. The number of hydrogen-bond acceptors (Lipinski definition) is 2. The first-order valence-corrected chi connectivity index (χ1v) is 8.64. The Morgan fingerprint density at radius 3 is 2.54 bits per heavy atom. The largest absolute Gasteiger partial charge is 0.324 e. The molecule has 2 amide bonds. The highest BCUT2D eigenvalue weighted by Crippen LogP contribution is 2.29. The molecule has 2 heterocycles. The lowest BCUT2D eigenvalue weighted by atomic mass is 9.94. The van der Waals surface area contributed by atoms with Crippen LogP contribution in [-0.4, -0.2) is 33.8 Å². The van der Waals surface area contributed by atoms with E-state index in [4.69, 9.17) is 11.6 Å². The van der Waals surface area contributed by atoms with Crippen molar-refractivity contribution >= 4 is 23.3 Å². The van der Waals surface area contributed by atoms with Crippen LogP contribution in [0.15, 0.2) is 24.4 Å². The third-order valence-corrected chi connectivity index (χ3v) is 5.07. The van der Waals surface area contributed by atoms with Crippen LogP contribution in [-0.2, 0) is 7.05 Å². The van der Waals surface area contributed by atoms with Gasteiger partial charge in [-0.05, 0) is 56.0 Å². The van der Waals surface area contributed by atoms with Crippen molar-refractivity contribution in [1.82, 2.24) is 14.7 Å². The summed E-state index contributed by atoms with van der Waals surface area (Å²) in [4.78, 5) is 14.4. The van der Waals surface area contributed by atoms with Gasteiger partial charge in [-0.25, -0.2) is 4.79 Å². The molecule has 5 nitrogen and oxygen atoms in total. The number of nitrogens with one attached hydrogen (secondary N) is 1. The normalized spacial score (nSPS) is 15.6. The van der Waals surface area contributed by atoms with Gasteiger partial charge in [0.2, 0.25) is 0 Å². The molecule has 128 valence electrons. The zero-order valence-electron chi connectivity index (χ0n) is 14.3. The Morgan fingerprint density at radius 2 is 1.92 bits per heavy atom. The molecule has 1 saturated heterocycles. The molecule has 1 aliphatic heterocycles. The lowest BCUT2D eigenvalue weighted by molar-refractivity contribution is 0.194. The highest BCUT2D eigenvalue weighted by atomic mass is 35.5. The van der Waals surface area contributed by atoms with E-state index in [0.29, 0.717) is 16.6 Å². The van der Waals surface area contributed by atoms with Crippen molar-refractivity contribution in [3.8, 4) is 0 Å². The molecule has 0 unspecified atom stereocenters. The number of rotatable bonds is 2. The smallest absolute Gasteiger partial charge is 0.321 e. The van der Waals surface area contributed by atoms with E-state index in [1.165, 1.54) is 0 Å². The molecule has 1 aromatic heterocycles. The van der Waals surface area contributed by atoms with Crippen molar-refractivity contribution in [3.05, 3.63) is 46.2 Å². The Kier molecular flexibility index (Phi) is 4.81. The Labute approximate surface area is 147 Å². The first kappa shape index (κ1) is 16.8. The van der Waals surface area contributed by atoms with Gasteiger partial charge in [0.25, 0.3) is 0 Å². The standard InChI is InChI=1S/C18H23ClN4O/c1-12-10-15(19)17(11-13(12)2)20-18(24)23-8-4-14(5-9-23)16-6-7-22(3)21-16/h6-7,10-11,14H,4-5,8-9H2,1-3H3,(H,20,24). The maximum atomic E-state index is 12.5. The topological polar surface area (TPSA) is 50.2 Å². The summed E-state index contributed by atoms with van der Waals surface area (Å²) in [5.41, 5.74) is 4.03. The van der Waals surface area contributed by atoms with Gasteiger partial charge in [-0.15, -0.1) is 0 Å². The molecule has 0 saturated carbocycles. The summed E-state index contributed by atoms with van der Waals surface area (Å²) < 4.78 is 1.83. The molecule has 1 aromatic carbocycles. The van der Waals surface area contributed by atoms with Gasteiger partial charge >= 0.3 is 6.03 Å². The van der Waals surface area contributed by atoms with E-state index in [1.54, 1.807) is 0 Å². The second kappa shape index (κ2) is 6.85. The summed E-state index contributed by atoms with van der Waals surface area (Å²) in [5.74, 6) is 0.431. The molecule has 0 aliphatic carbocycles. The number of amides is 2. The number of carbonyl (C=O) groups excluding carboxylic acids is 1. The van der Waals surface area contributed by atoms with Gasteiger partial charge in [0.1, 0.15) is 0 Å². The number of aromatic nitrogens is 2. The molecular weight excluding hydrogens is 324 g/mol. The number of urea groups is 1.